The van der Waals surface area contributed by atoms with Crippen molar-refractivity contribution in [2.24, 2.45) is 0 Å². The first-order valence-electron chi connectivity index (χ1n) is 7.38. The van der Waals surface area contributed by atoms with Crippen LogP contribution in [0, 0.1) is 0 Å². The van der Waals surface area contributed by atoms with Crippen molar-refractivity contribution in [3.05, 3.63) is 70.3 Å². The van der Waals surface area contributed by atoms with Crippen LogP contribution in [0.1, 0.15) is 15.9 Å². The minimum absolute atomic E-state index is 0.176. The Balaban J connectivity index is 1.76. The number of hydrogen-bond acceptors (Lipinski definition) is 3. The highest BCUT2D eigenvalue weighted by Gasteiger charge is 2.15. The van der Waals surface area contributed by atoms with E-state index in [-0.39, 0.29) is 5.91 Å². The number of carbonyl (C=O) groups excluding carboxylic acids is 1. The van der Waals surface area contributed by atoms with Crippen molar-refractivity contribution in [3.63, 3.8) is 0 Å². The summed E-state index contributed by atoms with van der Waals surface area (Å²) in [5.74, 6) is 0.549. The average Bonchev–Trinajstić information content (AvgIpc) is 3.11. The molecule has 2 aromatic carbocycles. The number of aromatic amines is 1. The number of benzene rings is 2. The van der Waals surface area contributed by atoms with E-state index in [1.54, 1.807) is 7.11 Å². The van der Waals surface area contributed by atoms with Crippen LogP contribution in [0.2, 0.25) is 0 Å². The van der Waals surface area contributed by atoms with Crippen LogP contribution in [0.3, 0.4) is 0 Å². The van der Waals surface area contributed by atoms with Gasteiger partial charge in [0.1, 0.15) is 5.75 Å². The van der Waals surface area contributed by atoms with Gasteiger partial charge in [-0.1, -0.05) is 40.2 Å². The van der Waals surface area contributed by atoms with E-state index in [0.717, 1.165) is 21.3 Å². The Labute approximate surface area is 148 Å². The lowest BCUT2D eigenvalue weighted by Gasteiger charge is -2.07. The van der Waals surface area contributed by atoms with Crippen LogP contribution in [-0.4, -0.2) is 23.2 Å². The molecule has 0 bridgehead atoms. The number of methoxy groups -OCH3 is 1. The molecule has 122 valence electrons. The highest BCUT2D eigenvalue weighted by atomic mass is 79.9. The Bertz CT molecular complexity index is 843. The van der Waals surface area contributed by atoms with E-state index in [1.807, 2.05) is 48.5 Å². The summed E-state index contributed by atoms with van der Waals surface area (Å²) in [5, 5.41) is 9.81. The second-order valence-electron chi connectivity index (χ2n) is 5.20. The van der Waals surface area contributed by atoms with Crippen molar-refractivity contribution in [1.82, 2.24) is 15.5 Å². The van der Waals surface area contributed by atoms with E-state index in [2.05, 4.69) is 31.4 Å². The fraction of sp³-hybridized carbons (Fsp3) is 0.111. The quantitative estimate of drug-likeness (QED) is 0.702. The number of carbonyl (C=O) groups is 1. The van der Waals surface area contributed by atoms with Crippen LogP contribution in [0.25, 0.3) is 11.3 Å². The number of ether oxygens (including phenoxy) is 1. The maximum absolute atomic E-state index is 12.5. The lowest BCUT2D eigenvalue weighted by Crippen LogP contribution is -2.22. The summed E-state index contributed by atoms with van der Waals surface area (Å²) in [4.78, 5) is 12.5. The number of rotatable bonds is 5. The van der Waals surface area contributed by atoms with Gasteiger partial charge in [0, 0.05) is 16.6 Å². The molecule has 0 saturated heterocycles. The Kier molecular flexibility index (Phi) is 4.96. The zero-order valence-electron chi connectivity index (χ0n) is 13.0. The normalized spacial score (nSPS) is 10.4. The molecular formula is C18H16BrN3O2. The molecule has 5 nitrogen and oxygen atoms in total. The van der Waals surface area contributed by atoms with E-state index < -0.39 is 0 Å². The van der Waals surface area contributed by atoms with Crippen LogP contribution in [0.5, 0.6) is 5.75 Å². The summed E-state index contributed by atoms with van der Waals surface area (Å²) in [6, 6.07) is 15.3. The molecule has 24 heavy (non-hydrogen) atoms. The first-order chi connectivity index (χ1) is 11.7. The lowest BCUT2D eigenvalue weighted by molar-refractivity contribution is 0.0951. The van der Waals surface area contributed by atoms with Gasteiger partial charge in [0.25, 0.3) is 5.91 Å². The van der Waals surface area contributed by atoms with Crippen molar-refractivity contribution >= 4 is 21.8 Å². The summed E-state index contributed by atoms with van der Waals surface area (Å²) in [6.07, 6.45) is 1.53. The van der Waals surface area contributed by atoms with Crippen molar-refractivity contribution in [2.75, 3.05) is 7.11 Å². The summed E-state index contributed by atoms with van der Waals surface area (Å²) < 4.78 is 6.24. The minimum atomic E-state index is -0.176. The van der Waals surface area contributed by atoms with Crippen LogP contribution in [0.4, 0.5) is 0 Å². The van der Waals surface area contributed by atoms with Gasteiger partial charge in [0.05, 0.1) is 24.6 Å². The third-order valence-electron chi connectivity index (χ3n) is 3.61. The molecule has 0 unspecified atom stereocenters. The number of H-pyrrole nitrogens is 1. The fourth-order valence-corrected chi connectivity index (χ4v) is 2.60. The Morgan fingerprint density at radius 1 is 1.25 bits per heavy atom. The largest absolute Gasteiger partial charge is 0.497 e. The number of hydrogen-bond donors (Lipinski definition) is 2. The molecule has 6 heteroatoms. The Morgan fingerprint density at radius 3 is 2.79 bits per heavy atom. The summed E-state index contributed by atoms with van der Waals surface area (Å²) in [6.45, 7) is 0.453. The lowest BCUT2D eigenvalue weighted by atomic mass is 10.1. The summed E-state index contributed by atoms with van der Waals surface area (Å²) in [5.41, 5.74) is 3.04. The van der Waals surface area contributed by atoms with Gasteiger partial charge >= 0.3 is 0 Å². The fourth-order valence-electron chi connectivity index (χ4n) is 2.34. The maximum Gasteiger partial charge on any atom is 0.255 e. The Morgan fingerprint density at radius 2 is 2.04 bits per heavy atom. The van der Waals surface area contributed by atoms with E-state index in [9.17, 15) is 4.79 Å². The van der Waals surface area contributed by atoms with E-state index in [0.29, 0.717) is 17.8 Å². The molecule has 1 heterocycles. The third-order valence-corrected chi connectivity index (χ3v) is 4.14. The SMILES string of the molecule is COc1cccc(-c2[nH]ncc2C(=O)NCc2ccc(Br)cc2)c1. The van der Waals surface area contributed by atoms with Gasteiger partial charge in [0.15, 0.2) is 0 Å². The average molecular weight is 386 g/mol. The van der Waals surface area contributed by atoms with Crippen molar-refractivity contribution < 1.29 is 9.53 Å². The Hall–Kier alpha value is -2.60. The smallest absolute Gasteiger partial charge is 0.255 e. The number of amides is 1. The topological polar surface area (TPSA) is 67.0 Å². The zero-order chi connectivity index (χ0) is 16.9. The van der Waals surface area contributed by atoms with Crippen molar-refractivity contribution in [3.8, 4) is 17.0 Å². The van der Waals surface area contributed by atoms with Gasteiger partial charge < -0.3 is 10.1 Å². The number of aromatic nitrogens is 2. The van der Waals surface area contributed by atoms with Crippen LogP contribution < -0.4 is 10.1 Å². The van der Waals surface area contributed by atoms with E-state index in [1.165, 1.54) is 6.20 Å². The van der Waals surface area contributed by atoms with Crippen molar-refractivity contribution in [1.29, 1.82) is 0 Å². The predicted molar refractivity (Wildman–Crippen MR) is 95.9 cm³/mol. The molecule has 0 fully saturated rings. The first-order valence-corrected chi connectivity index (χ1v) is 8.17. The van der Waals surface area contributed by atoms with Gasteiger partial charge in [0.2, 0.25) is 0 Å². The minimum Gasteiger partial charge on any atom is -0.497 e. The molecule has 1 amide bonds. The van der Waals surface area contributed by atoms with Crippen LogP contribution >= 0.6 is 15.9 Å². The van der Waals surface area contributed by atoms with E-state index >= 15 is 0 Å². The molecule has 0 atom stereocenters. The molecular weight excluding hydrogens is 370 g/mol. The molecule has 3 aromatic rings. The molecule has 0 aliphatic carbocycles. The highest BCUT2D eigenvalue weighted by Crippen LogP contribution is 2.25. The standard InChI is InChI=1S/C18H16BrN3O2/c1-24-15-4-2-3-13(9-15)17-16(11-21-22-17)18(23)20-10-12-5-7-14(19)8-6-12/h2-9,11H,10H2,1H3,(H,20,23)(H,21,22). The number of halogens is 1. The molecule has 0 spiro atoms. The molecule has 0 saturated carbocycles. The van der Waals surface area contributed by atoms with Crippen LogP contribution in [0.15, 0.2) is 59.2 Å². The summed E-state index contributed by atoms with van der Waals surface area (Å²) >= 11 is 3.39. The van der Waals surface area contributed by atoms with Gasteiger partial charge in [-0.15, -0.1) is 0 Å². The third kappa shape index (κ3) is 3.65. The number of nitrogens with zero attached hydrogens (tertiary/aromatic N) is 1. The van der Waals surface area contributed by atoms with Gasteiger partial charge in [-0.2, -0.15) is 5.10 Å². The second-order valence-corrected chi connectivity index (χ2v) is 6.12. The van der Waals surface area contributed by atoms with E-state index in [4.69, 9.17) is 4.74 Å². The van der Waals surface area contributed by atoms with Gasteiger partial charge in [-0.05, 0) is 29.8 Å². The molecule has 0 aliphatic rings. The maximum atomic E-state index is 12.5. The number of nitrogens with one attached hydrogen (secondary N) is 2. The summed E-state index contributed by atoms with van der Waals surface area (Å²) in [7, 11) is 1.61. The van der Waals surface area contributed by atoms with Crippen molar-refractivity contribution in [2.45, 2.75) is 6.54 Å². The van der Waals surface area contributed by atoms with Gasteiger partial charge in [-0.25, -0.2) is 0 Å². The van der Waals surface area contributed by atoms with Gasteiger partial charge in [-0.3, -0.25) is 9.89 Å². The molecule has 2 N–H and O–H groups in total. The predicted octanol–water partition coefficient (Wildman–Crippen LogP) is 3.78. The molecule has 1 aromatic heterocycles. The zero-order valence-corrected chi connectivity index (χ0v) is 14.6. The second kappa shape index (κ2) is 7.31. The molecule has 3 rings (SSSR count). The van der Waals surface area contributed by atoms with Crippen LogP contribution in [-0.2, 0) is 6.54 Å². The first kappa shape index (κ1) is 16.3. The highest BCUT2D eigenvalue weighted by molar-refractivity contribution is 9.10. The molecule has 0 aliphatic heterocycles. The molecule has 0 radical (unpaired) electrons. The monoisotopic (exact) mass is 385 g/mol.